The highest BCUT2D eigenvalue weighted by Gasteiger charge is 2.57. The second kappa shape index (κ2) is 16.7. The number of hydrogen-bond acceptors (Lipinski definition) is 6. The molecule has 0 aromatic heterocycles. The van der Waals surface area contributed by atoms with Gasteiger partial charge in [-0.05, 0) is 81.9 Å². The maximum absolute atomic E-state index is 14.8. The molecule has 0 spiro atoms. The molecular formula is C40H47ClF2N3O7Si+. The van der Waals surface area contributed by atoms with Crippen molar-refractivity contribution in [2.45, 2.75) is 50.6 Å². The van der Waals surface area contributed by atoms with Gasteiger partial charge in [0.05, 0.1) is 38.5 Å². The number of benzene rings is 2. The number of aromatic carboxylic acids is 1. The molecule has 2 saturated heterocycles. The number of alkyl halides is 3. The van der Waals surface area contributed by atoms with Crippen molar-refractivity contribution in [1.29, 1.82) is 0 Å². The van der Waals surface area contributed by atoms with E-state index in [9.17, 15) is 33.4 Å². The number of fused-ring (bicyclic) bond motifs is 2. The number of amides is 1. The summed E-state index contributed by atoms with van der Waals surface area (Å²) < 4.78 is 41.6. The first kappa shape index (κ1) is 39.5. The van der Waals surface area contributed by atoms with Crippen molar-refractivity contribution in [3.8, 4) is 0 Å². The second-order valence-electron chi connectivity index (χ2n) is 14.7. The van der Waals surface area contributed by atoms with Gasteiger partial charge in [0.25, 0.3) is 5.91 Å². The lowest BCUT2D eigenvalue weighted by Gasteiger charge is -2.41. The fourth-order valence-electron chi connectivity index (χ4n) is 7.41. The molecule has 288 valence electrons. The molecule has 3 aliphatic heterocycles. The van der Waals surface area contributed by atoms with Crippen LogP contribution in [0.4, 0.5) is 14.5 Å². The Bertz CT molecular complexity index is 1930. The van der Waals surface area contributed by atoms with E-state index in [0.29, 0.717) is 42.5 Å². The quantitative estimate of drug-likeness (QED) is 0.0873. The Kier molecular flexibility index (Phi) is 12.2. The number of carboxylic acids is 2. The SMILES string of the molecule is C[Si]1(C)C2=CC(=[N+]3CC(F)(C(=O)O)C3)C=CC2=C(c2cc(C(=O)NCCOCCOCCCCCCCl)ccc2C(=O)O)c2ccc(N3CC(F)C3)cc21. The van der Waals surface area contributed by atoms with E-state index in [1.807, 2.05) is 29.2 Å². The number of aliphatic carboxylic acids is 1. The summed E-state index contributed by atoms with van der Waals surface area (Å²) in [6.07, 6.45) is 8.89. The van der Waals surface area contributed by atoms with E-state index in [4.69, 9.17) is 21.1 Å². The van der Waals surface area contributed by atoms with E-state index in [0.717, 1.165) is 52.9 Å². The highest BCUT2D eigenvalue weighted by molar-refractivity contribution is 6.98. The number of nitrogens with zero attached hydrogens (tertiary/aromatic N) is 2. The van der Waals surface area contributed by atoms with Crippen LogP contribution in [0.15, 0.2) is 65.4 Å². The Morgan fingerprint density at radius 2 is 1.69 bits per heavy atom. The minimum absolute atomic E-state index is 0.0183. The minimum atomic E-state index is -2.57. The summed E-state index contributed by atoms with van der Waals surface area (Å²) in [7, 11) is -2.57. The van der Waals surface area contributed by atoms with Crippen LogP contribution in [0.3, 0.4) is 0 Å². The number of carbonyl (C=O) groups excluding carboxylic acids is 1. The highest BCUT2D eigenvalue weighted by Crippen LogP contribution is 2.43. The molecule has 1 amide bonds. The maximum Gasteiger partial charge on any atom is 0.355 e. The lowest BCUT2D eigenvalue weighted by atomic mass is 9.86. The van der Waals surface area contributed by atoms with Crippen molar-refractivity contribution in [2.75, 3.05) is 69.9 Å². The molecular weight excluding hydrogens is 736 g/mol. The van der Waals surface area contributed by atoms with Gasteiger partial charge in [0.2, 0.25) is 0 Å². The standard InChI is InChI=1S/C40H46ClF2N3O7Si/c1-54(2)34-20-28(45-22-27(42)23-45)8-11-31(34)36(32-12-9-29(21-35(32)54)46-24-40(43,25-46)39(50)51)33-19-26(7-10-30(33)38(48)49)37(47)44-14-16-53-18-17-52-15-6-4-3-5-13-41/h7-12,19-21,27H,3-6,13-18,22-25H2,1-2H3,(H2-,44,47,48,49,50,51)/p+1. The maximum atomic E-state index is 14.8. The predicted octanol–water partition coefficient (Wildman–Crippen LogP) is 5.13. The van der Waals surface area contributed by atoms with Crippen LogP contribution in [0.5, 0.6) is 0 Å². The largest absolute Gasteiger partial charge is 0.478 e. The highest BCUT2D eigenvalue weighted by atomic mass is 35.5. The van der Waals surface area contributed by atoms with Crippen LogP contribution in [0.1, 0.15) is 57.5 Å². The van der Waals surface area contributed by atoms with Crippen molar-refractivity contribution in [2.24, 2.45) is 0 Å². The van der Waals surface area contributed by atoms with Gasteiger partial charge in [0, 0.05) is 42.4 Å². The van der Waals surface area contributed by atoms with E-state index in [1.54, 1.807) is 16.7 Å². The lowest BCUT2D eigenvalue weighted by Crippen LogP contribution is -2.60. The Morgan fingerprint density at radius 3 is 2.37 bits per heavy atom. The molecule has 4 aliphatic rings. The van der Waals surface area contributed by atoms with Gasteiger partial charge in [-0.1, -0.05) is 32.0 Å². The molecule has 1 aliphatic carbocycles. The van der Waals surface area contributed by atoms with Gasteiger partial charge in [-0.2, -0.15) is 0 Å². The number of unbranched alkanes of at least 4 members (excludes halogenated alkanes) is 3. The summed E-state index contributed by atoms with van der Waals surface area (Å²) in [6.45, 7) is 6.41. The van der Waals surface area contributed by atoms with Crippen LogP contribution in [-0.4, -0.2) is 123 Å². The summed E-state index contributed by atoms with van der Waals surface area (Å²) in [5, 5.41) is 24.6. The van der Waals surface area contributed by atoms with Crippen LogP contribution in [0, 0.1) is 0 Å². The predicted molar refractivity (Wildman–Crippen MR) is 207 cm³/mol. The van der Waals surface area contributed by atoms with Gasteiger partial charge >= 0.3 is 17.6 Å². The van der Waals surface area contributed by atoms with Crippen LogP contribution in [0.25, 0.3) is 5.57 Å². The number of ether oxygens (including phenoxy) is 2. The van der Waals surface area contributed by atoms with Crippen molar-refractivity contribution in [3.05, 3.63) is 87.6 Å². The van der Waals surface area contributed by atoms with E-state index in [1.165, 1.54) is 12.1 Å². The number of carbonyl (C=O) groups is 3. The Labute approximate surface area is 319 Å². The third kappa shape index (κ3) is 8.24. The van der Waals surface area contributed by atoms with Crippen LogP contribution in [-0.2, 0) is 14.3 Å². The molecule has 2 aromatic carbocycles. The average Bonchev–Trinajstić information content (AvgIpc) is 3.12. The molecule has 3 heterocycles. The first-order valence-corrected chi connectivity index (χ1v) is 22.0. The number of allylic oxidation sites excluding steroid dienone is 5. The molecule has 14 heteroatoms. The monoisotopic (exact) mass is 782 g/mol. The molecule has 3 N–H and O–H groups in total. The lowest BCUT2D eigenvalue weighted by molar-refractivity contribution is -0.613. The topological polar surface area (TPSA) is 128 Å². The number of hydrogen-bond donors (Lipinski definition) is 3. The molecule has 0 unspecified atom stereocenters. The number of anilines is 1. The first-order chi connectivity index (χ1) is 25.8. The zero-order valence-corrected chi connectivity index (χ0v) is 32.4. The number of halogens is 3. The summed E-state index contributed by atoms with van der Waals surface area (Å²) in [5.74, 6) is -2.35. The molecule has 0 radical (unpaired) electrons. The molecule has 54 heavy (non-hydrogen) atoms. The third-order valence-electron chi connectivity index (χ3n) is 10.6. The van der Waals surface area contributed by atoms with Gasteiger partial charge in [-0.3, -0.25) is 4.79 Å². The summed E-state index contributed by atoms with van der Waals surface area (Å²) in [5.41, 5.74) is 2.14. The fraction of sp³-hybridized carbons (Fsp3) is 0.450. The molecule has 2 aromatic rings. The molecule has 0 atom stereocenters. The molecule has 10 nitrogen and oxygen atoms in total. The average molecular weight is 783 g/mol. The van der Waals surface area contributed by atoms with E-state index >= 15 is 0 Å². The summed E-state index contributed by atoms with van der Waals surface area (Å²) >= 11 is 5.70. The van der Waals surface area contributed by atoms with Gasteiger partial charge < -0.3 is 29.9 Å². The van der Waals surface area contributed by atoms with Crippen LogP contribution in [0.2, 0.25) is 13.1 Å². The van der Waals surface area contributed by atoms with Gasteiger partial charge in [0.15, 0.2) is 18.8 Å². The third-order valence-corrected chi connectivity index (χ3v) is 14.4. The van der Waals surface area contributed by atoms with Crippen molar-refractivity contribution in [1.82, 2.24) is 5.32 Å². The van der Waals surface area contributed by atoms with Gasteiger partial charge in [-0.25, -0.2) is 22.9 Å². The van der Waals surface area contributed by atoms with E-state index in [-0.39, 0.29) is 56.4 Å². The number of carboxylic acid groups (broad SMARTS) is 2. The van der Waals surface area contributed by atoms with Crippen LogP contribution < -0.4 is 15.4 Å². The van der Waals surface area contributed by atoms with Crippen molar-refractivity contribution < 1.29 is 47.4 Å². The fourth-order valence-corrected chi connectivity index (χ4v) is 10.7. The normalized spacial score (nSPS) is 20.2. The zero-order valence-electron chi connectivity index (χ0n) is 30.6. The number of nitrogens with one attached hydrogen (secondary N) is 1. The molecule has 0 bridgehead atoms. The molecule has 2 fully saturated rings. The molecule has 0 saturated carbocycles. The van der Waals surface area contributed by atoms with Crippen molar-refractivity contribution in [3.63, 3.8) is 0 Å². The van der Waals surface area contributed by atoms with E-state index < -0.39 is 31.9 Å². The summed E-state index contributed by atoms with van der Waals surface area (Å²) in [6, 6.07) is 10.5. The zero-order chi connectivity index (χ0) is 38.6. The second-order valence-corrected chi connectivity index (χ2v) is 19.4. The van der Waals surface area contributed by atoms with Crippen molar-refractivity contribution >= 4 is 59.7 Å². The van der Waals surface area contributed by atoms with Gasteiger partial charge in [-0.15, -0.1) is 11.6 Å². The first-order valence-electron chi connectivity index (χ1n) is 18.4. The Balaban J connectivity index is 1.27. The smallest absolute Gasteiger partial charge is 0.355 e. The van der Waals surface area contributed by atoms with Crippen LogP contribution >= 0.6 is 11.6 Å². The van der Waals surface area contributed by atoms with Gasteiger partial charge in [0.1, 0.15) is 14.2 Å². The Morgan fingerprint density at radius 1 is 0.963 bits per heavy atom. The summed E-state index contributed by atoms with van der Waals surface area (Å²) in [4.78, 5) is 39.6. The Hall–Kier alpha value is -4.17. The minimum Gasteiger partial charge on any atom is -0.478 e. The molecule has 6 rings (SSSR count). The van der Waals surface area contributed by atoms with E-state index in [2.05, 4.69) is 24.5 Å². The number of rotatable bonds is 17.